The van der Waals surface area contributed by atoms with Gasteiger partial charge in [-0.05, 0) is 109 Å². The molecule has 3 aliphatic rings. The minimum atomic E-state index is -0.210. The Kier molecular flexibility index (Phi) is 7.16. The van der Waals surface area contributed by atoms with Crippen LogP contribution in [0.25, 0.3) is 111 Å². The fourth-order valence-electron chi connectivity index (χ4n) is 11.9. The first-order chi connectivity index (χ1) is 32.8. The second-order valence-corrected chi connectivity index (χ2v) is 19.7. The summed E-state index contributed by atoms with van der Waals surface area (Å²) in [4.78, 5) is 2.58. The van der Waals surface area contributed by atoms with Crippen molar-refractivity contribution in [1.29, 1.82) is 0 Å². The van der Waals surface area contributed by atoms with E-state index in [4.69, 9.17) is 8.83 Å². The number of para-hydroxylation sites is 1. The second-order valence-electron chi connectivity index (χ2n) is 19.7. The molecule has 0 bridgehead atoms. The van der Waals surface area contributed by atoms with E-state index >= 15 is 0 Å². The molecule has 0 fully saturated rings. The van der Waals surface area contributed by atoms with Crippen molar-refractivity contribution in [3.63, 3.8) is 0 Å². The van der Waals surface area contributed by atoms with Crippen molar-refractivity contribution in [3.8, 4) is 50.4 Å². The molecule has 0 saturated carbocycles. The summed E-state index contributed by atoms with van der Waals surface area (Å²) >= 11 is 0. The number of rotatable bonds is 3. The Bertz CT molecular complexity index is 4150. The van der Waals surface area contributed by atoms with Gasteiger partial charge in [0.2, 0.25) is 0 Å². The van der Waals surface area contributed by atoms with Crippen LogP contribution in [-0.4, -0.2) is 11.4 Å². The molecule has 0 saturated heterocycles. The van der Waals surface area contributed by atoms with Crippen molar-refractivity contribution in [1.82, 2.24) is 4.57 Å². The highest BCUT2D eigenvalue weighted by molar-refractivity contribution is 6.94. The van der Waals surface area contributed by atoms with E-state index in [-0.39, 0.29) is 12.3 Å². The van der Waals surface area contributed by atoms with Gasteiger partial charge in [-0.2, -0.15) is 0 Å². The normalized spacial score (nSPS) is 13.6. The zero-order valence-corrected chi connectivity index (χ0v) is 37.3. The fraction of sp³-hybridized carbons (Fsp3) is 0.0645. The van der Waals surface area contributed by atoms with Gasteiger partial charge in [-0.15, -0.1) is 0 Å². The van der Waals surface area contributed by atoms with Crippen LogP contribution in [0.15, 0.2) is 197 Å². The molecule has 15 rings (SSSR count). The van der Waals surface area contributed by atoms with Crippen LogP contribution in [0.3, 0.4) is 0 Å². The lowest BCUT2D eigenvalue weighted by Gasteiger charge is -2.42. The second kappa shape index (κ2) is 13.0. The molecule has 1 aliphatic carbocycles. The highest BCUT2D eigenvalue weighted by Crippen LogP contribution is 2.52. The van der Waals surface area contributed by atoms with Gasteiger partial charge in [0.25, 0.3) is 0 Å². The van der Waals surface area contributed by atoms with Crippen molar-refractivity contribution >= 4 is 89.4 Å². The number of hydrogen-bond acceptors (Lipinski definition) is 3. The van der Waals surface area contributed by atoms with Gasteiger partial charge in [-0.25, -0.2) is 0 Å². The van der Waals surface area contributed by atoms with E-state index in [9.17, 15) is 0 Å². The highest BCUT2D eigenvalue weighted by atomic mass is 16.3. The van der Waals surface area contributed by atoms with Crippen LogP contribution in [0.5, 0.6) is 0 Å². The molecule has 0 unspecified atom stereocenters. The number of nitrogens with zero attached hydrogens (tertiary/aromatic N) is 2. The monoisotopic (exact) mass is 856 g/mol. The van der Waals surface area contributed by atoms with Gasteiger partial charge in [0.1, 0.15) is 22.5 Å². The molecule has 4 nitrogen and oxygen atoms in total. The number of aromatic nitrogens is 1. The Hall–Kier alpha value is -8.28. The maximum atomic E-state index is 7.19. The van der Waals surface area contributed by atoms with E-state index < -0.39 is 0 Å². The van der Waals surface area contributed by atoms with Gasteiger partial charge in [0, 0.05) is 66.8 Å². The lowest BCUT2D eigenvalue weighted by atomic mass is 9.44. The first-order valence-electron chi connectivity index (χ1n) is 23.3. The van der Waals surface area contributed by atoms with E-state index in [0.717, 1.165) is 78.0 Å². The minimum Gasteiger partial charge on any atom is -0.456 e. The van der Waals surface area contributed by atoms with Crippen molar-refractivity contribution < 1.29 is 8.83 Å². The topological polar surface area (TPSA) is 34.5 Å². The largest absolute Gasteiger partial charge is 0.456 e. The van der Waals surface area contributed by atoms with Crippen LogP contribution in [0.1, 0.15) is 37.5 Å². The Labute approximate surface area is 387 Å². The third-order valence-electron chi connectivity index (χ3n) is 15.0. The molecule has 0 amide bonds. The predicted molar refractivity (Wildman–Crippen MR) is 280 cm³/mol. The molecular formula is C62H41BN2O2. The molecule has 67 heavy (non-hydrogen) atoms. The van der Waals surface area contributed by atoms with E-state index in [1.807, 2.05) is 0 Å². The first-order valence-corrected chi connectivity index (χ1v) is 23.3. The van der Waals surface area contributed by atoms with Crippen LogP contribution < -0.4 is 15.7 Å². The van der Waals surface area contributed by atoms with E-state index in [1.165, 1.54) is 71.7 Å². The van der Waals surface area contributed by atoms with Crippen molar-refractivity contribution in [2.75, 3.05) is 4.81 Å². The molecule has 5 heterocycles. The predicted octanol–water partition coefficient (Wildman–Crippen LogP) is 15.3. The number of anilines is 2. The molecule has 5 heteroatoms. The number of furan rings is 2. The Morgan fingerprint density at radius 3 is 1.97 bits per heavy atom. The molecule has 2 aliphatic heterocycles. The summed E-state index contributed by atoms with van der Waals surface area (Å²) < 4.78 is 16.5. The van der Waals surface area contributed by atoms with Gasteiger partial charge in [0.05, 0.1) is 11.0 Å². The molecule has 0 N–H and O–H groups in total. The number of fused-ring (bicyclic) bond motifs is 15. The smallest absolute Gasteiger partial charge is 0.333 e. The molecular weight excluding hydrogens is 816 g/mol. The number of hydrogen-bond donors (Lipinski definition) is 0. The van der Waals surface area contributed by atoms with E-state index in [1.54, 1.807) is 0 Å². The summed E-state index contributed by atoms with van der Waals surface area (Å²) in [5.74, 6) is 0.869. The van der Waals surface area contributed by atoms with Crippen LogP contribution in [-0.2, 0) is 5.41 Å². The third kappa shape index (κ3) is 4.93. The van der Waals surface area contributed by atoms with Crippen molar-refractivity contribution in [2.24, 2.45) is 0 Å². The molecule has 12 aromatic rings. The lowest BCUT2D eigenvalue weighted by Crippen LogP contribution is -2.60. The highest BCUT2D eigenvalue weighted by Gasteiger charge is 2.45. The van der Waals surface area contributed by atoms with Gasteiger partial charge in [-0.1, -0.05) is 155 Å². The maximum Gasteiger partial charge on any atom is 0.333 e. The Morgan fingerprint density at radius 2 is 1.18 bits per heavy atom. The van der Waals surface area contributed by atoms with Crippen LogP contribution >= 0.6 is 0 Å². The van der Waals surface area contributed by atoms with Crippen molar-refractivity contribution in [2.45, 2.75) is 26.2 Å². The summed E-state index contributed by atoms with van der Waals surface area (Å²) in [6.45, 7) is 11.3. The van der Waals surface area contributed by atoms with E-state index in [2.05, 4.69) is 219 Å². The maximum absolute atomic E-state index is 7.19. The van der Waals surface area contributed by atoms with Crippen molar-refractivity contribution in [3.05, 3.63) is 205 Å². The van der Waals surface area contributed by atoms with E-state index in [0.29, 0.717) is 0 Å². The summed E-state index contributed by atoms with van der Waals surface area (Å²) in [5.41, 5.74) is 23.8. The lowest BCUT2D eigenvalue weighted by molar-refractivity contribution is 0.590. The quantitative estimate of drug-likeness (QED) is 0.166. The van der Waals surface area contributed by atoms with Gasteiger partial charge in [0.15, 0.2) is 0 Å². The summed E-state index contributed by atoms with van der Waals surface area (Å²) in [6, 6.07) is 66.8. The first kappa shape index (κ1) is 37.0. The van der Waals surface area contributed by atoms with Gasteiger partial charge >= 0.3 is 6.85 Å². The molecule has 0 radical (unpaired) electrons. The molecule has 3 aromatic heterocycles. The average molecular weight is 857 g/mol. The standard InChI is InChI=1S/C62H41BN2O2/c1-35-40-19-11-12-20-41(40)46-31-52-48(29-45(35)46)44-28-27-43-47-30-49-42-21-13-14-22-55(42)66-57(49)34-53(47)65(39-25-23-38(24-26-39)62(2,3)4)63-51-33-56-50(32-54(51)64(52)60(44)59(43)63)58(36-15-7-5-8-16-36)61(67-56)37-17-9-6-10-18-37/h5-34H,1H2,2-4H3. The molecule has 9 aromatic carbocycles. The van der Waals surface area contributed by atoms with Gasteiger partial charge in [-0.3, -0.25) is 0 Å². The van der Waals surface area contributed by atoms with Crippen LogP contribution in [0.2, 0.25) is 0 Å². The zero-order chi connectivity index (χ0) is 44.4. The summed E-state index contributed by atoms with van der Waals surface area (Å²) in [7, 11) is 0. The average Bonchev–Trinajstić information content (AvgIpc) is 4.09. The third-order valence-corrected chi connectivity index (χ3v) is 15.0. The zero-order valence-electron chi connectivity index (χ0n) is 37.3. The summed E-state index contributed by atoms with van der Waals surface area (Å²) in [6.07, 6.45) is 0. The summed E-state index contributed by atoms with van der Waals surface area (Å²) in [5, 5.41) is 5.78. The Balaban J connectivity index is 1.11. The number of benzene rings is 9. The molecule has 0 atom stereocenters. The minimum absolute atomic E-state index is 0.000169. The molecule has 314 valence electrons. The van der Waals surface area contributed by atoms with Gasteiger partial charge < -0.3 is 18.2 Å². The van der Waals surface area contributed by atoms with Crippen LogP contribution in [0.4, 0.5) is 11.4 Å². The van der Waals surface area contributed by atoms with Crippen LogP contribution in [0, 0.1) is 0 Å². The molecule has 0 spiro atoms. The SMILES string of the molecule is C=C1c2ccccc2-c2cc3c(cc21)c1ccc2c4c1n3-c1cc3c(-c5ccccc5)c(-c5ccccc5)oc3cc1B4N(c1ccc(C(C)(C)C)cc1)c1cc3oc4ccccc4c3cc1-2. The fourth-order valence-corrected chi connectivity index (χ4v) is 11.9. The Morgan fingerprint density at radius 1 is 0.478 bits per heavy atom.